The van der Waals surface area contributed by atoms with Crippen molar-refractivity contribution in [3.63, 3.8) is 0 Å². The normalized spacial score (nSPS) is 28.8. The Morgan fingerprint density at radius 3 is 2.79 bits per heavy atom. The maximum atomic E-state index is 11.7. The zero-order valence-electron chi connectivity index (χ0n) is 8.92. The largest absolute Gasteiger partial charge is 0.394 e. The summed E-state index contributed by atoms with van der Waals surface area (Å²) in [7, 11) is 0. The van der Waals surface area contributed by atoms with Gasteiger partial charge in [0.2, 0.25) is 5.91 Å². The second-order valence-electron chi connectivity index (χ2n) is 4.04. The topological polar surface area (TPSA) is 61.4 Å². The SMILES string of the molecule is CCC(CO)NC(=O)[C@@H]1CNC[C@H]1C. The second-order valence-corrected chi connectivity index (χ2v) is 4.04. The summed E-state index contributed by atoms with van der Waals surface area (Å²) in [6.45, 7) is 5.72. The molecule has 3 N–H and O–H groups in total. The van der Waals surface area contributed by atoms with E-state index in [1.165, 1.54) is 0 Å². The quantitative estimate of drug-likeness (QED) is 0.585. The van der Waals surface area contributed by atoms with Crippen LogP contribution in [0.3, 0.4) is 0 Å². The number of carbonyl (C=O) groups excluding carboxylic acids is 1. The monoisotopic (exact) mass is 200 g/mol. The van der Waals surface area contributed by atoms with E-state index in [9.17, 15) is 4.79 Å². The first-order valence-corrected chi connectivity index (χ1v) is 5.31. The van der Waals surface area contributed by atoms with Crippen LogP contribution in [0.25, 0.3) is 0 Å². The van der Waals surface area contributed by atoms with E-state index in [0.29, 0.717) is 5.92 Å². The van der Waals surface area contributed by atoms with Crippen molar-refractivity contribution < 1.29 is 9.90 Å². The highest BCUT2D eigenvalue weighted by Crippen LogP contribution is 2.15. The van der Waals surface area contributed by atoms with Crippen LogP contribution in [0.15, 0.2) is 0 Å². The Kier molecular flexibility index (Phi) is 4.35. The molecule has 0 bridgehead atoms. The smallest absolute Gasteiger partial charge is 0.225 e. The molecular formula is C10H20N2O2. The molecule has 0 aromatic rings. The first kappa shape index (κ1) is 11.5. The van der Waals surface area contributed by atoms with E-state index < -0.39 is 0 Å². The number of aliphatic hydroxyl groups excluding tert-OH is 1. The Bertz CT molecular complexity index is 193. The van der Waals surface area contributed by atoms with Crippen LogP contribution in [0.2, 0.25) is 0 Å². The molecule has 4 heteroatoms. The molecule has 82 valence electrons. The Morgan fingerprint density at radius 2 is 2.36 bits per heavy atom. The van der Waals surface area contributed by atoms with E-state index >= 15 is 0 Å². The third-order valence-electron chi connectivity index (χ3n) is 2.91. The number of rotatable bonds is 4. The highest BCUT2D eigenvalue weighted by Gasteiger charge is 2.30. The van der Waals surface area contributed by atoms with Crippen molar-refractivity contribution in [2.75, 3.05) is 19.7 Å². The van der Waals surface area contributed by atoms with Gasteiger partial charge in [-0.2, -0.15) is 0 Å². The minimum absolute atomic E-state index is 0.0246. The van der Waals surface area contributed by atoms with E-state index in [1.54, 1.807) is 0 Å². The fourth-order valence-corrected chi connectivity index (χ4v) is 1.75. The second kappa shape index (κ2) is 5.32. The summed E-state index contributed by atoms with van der Waals surface area (Å²) in [5.74, 6) is 0.533. The predicted molar refractivity (Wildman–Crippen MR) is 54.8 cm³/mol. The minimum atomic E-state index is -0.0877. The summed E-state index contributed by atoms with van der Waals surface area (Å²) >= 11 is 0. The molecule has 0 aromatic carbocycles. The Balaban J connectivity index is 2.40. The Labute approximate surface area is 85.1 Å². The van der Waals surface area contributed by atoms with Crippen molar-refractivity contribution in [1.29, 1.82) is 0 Å². The highest BCUT2D eigenvalue weighted by atomic mass is 16.3. The van der Waals surface area contributed by atoms with E-state index in [1.807, 2.05) is 6.92 Å². The zero-order valence-corrected chi connectivity index (χ0v) is 8.92. The van der Waals surface area contributed by atoms with Gasteiger partial charge in [-0.3, -0.25) is 4.79 Å². The summed E-state index contributed by atoms with van der Waals surface area (Å²) in [6, 6.07) is -0.0877. The van der Waals surface area contributed by atoms with Crippen LogP contribution in [0, 0.1) is 11.8 Å². The van der Waals surface area contributed by atoms with Crippen LogP contribution in [0.5, 0.6) is 0 Å². The number of nitrogens with one attached hydrogen (secondary N) is 2. The number of amides is 1. The molecule has 1 amide bonds. The lowest BCUT2D eigenvalue weighted by molar-refractivity contribution is -0.126. The van der Waals surface area contributed by atoms with Gasteiger partial charge < -0.3 is 15.7 Å². The maximum Gasteiger partial charge on any atom is 0.225 e. The van der Waals surface area contributed by atoms with Crippen molar-refractivity contribution in [1.82, 2.24) is 10.6 Å². The lowest BCUT2D eigenvalue weighted by atomic mass is 9.97. The summed E-state index contributed by atoms with van der Waals surface area (Å²) in [4.78, 5) is 11.7. The molecule has 1 unspecified atom stereocenters. The lowest BCUT2D eigenvalue weighted by Gasteiger charge is -2.19. The van der Waals surface area contributed by atoms with Gasteiger partial charge in [-0.15, -0.1) is 0 Å². The molecule has 0 aliphatic carbocycles. The van der Waals surface area contributed by atoms with Crippen molar-refractivity contribution >= 4 is 5.91 Å². The Morgan fingerprint density at radius 1 is 1.64 bits per heavy atom. The van der Waals surface area contributed by atoms with Gasteiger partial charge in [0.1, 0.15) is 0 Å². The molecular weight excluding hydrogens is 180 g/mol. The standard InChI is InChI=1S/C10H20N2O2/c1-3-8(6-13)12-10(14)9-5-11-4-7(9)2/h7-9,11,13H,3-6H2,1-2H3,(H,12,14)/t7-,8?,9-/m1/s1. The lowest BCUT2D eigenvalue weighted by Crippen LogP contribution is -2.42. The van der Waals surface area contributed by atoms with Gasteiger partial charge in [-0.25, -0.2) is 0 Å². The summed E-state index contributed by atoms with van der Waals surface area (Å²) in [5.41, 5.74) is 0. The van der Waals surface area contributed by atoms with Crippen LogP contribution in [-0.4, -0.2) is 36.8 Å². The fourth-order valence-electron chi connectivity index (χ4n) is 1.75. The minimum Gasteiger partial charge on any atom is -0.394 e. The molecule has 1 aliphatic rings. The Hall–Kier alpha value is -0.610. The molecule has 4 nitrogen and oxygen atoms in total. The van der Waals surface area contributed by atoms with E-state index in [2.05, 4.69) is 17.6 Å². The first-order valence-electron chi connectivity index (χ1n) is 5.31. The van der Waals surface area contributed by atoms with Crippen LogP contribution in [-0.2, 0) is 4.79 Å². The number of hydrogen-bond donors (Lipinski definition) is 3. The molecule has 0 aromatic heterocycles. The molecule has 0 radical (unpaired) electrons. The zero-order chi connectivity index (χ0) is 10.6. The molecule has 0 saturated carbocycles. The molecule has 1 saturated heterocycles. The van der Waals surface area contributed by atoms with Crippen LogP contribution in [0.4, 0.5) is 0 Å². The van der Waals surface area contributed by atoms with Gasteiger partial charge in [0.05, 0.1) is 18.6 Å². The van der Waals surface area contributed by atoms with Crippen molar-refractivity contribution in [3.05, 3.63) is 0 Å². The van der Waals surface area contributed by atoms with Gasteiger partial charge in [0.15, 0.2) is 0 Å². The van der Waals surface area contributed by atoms with Gasteiger partial charge in [-0.05, 0) is 18.9 Å². The van der Waals surface area contributed by atoms with E-state index in [4.69, 9.17) is 5.11 Å². The van der Waals surface area contributed by atoms with Crippen molar-refractivity contribution in [3.8, 4) is 0 Å². The number of aliphatic hydroxyl groups is 1. The molecule has 1 fully saturated rings. The summed E-state index contributed by atoms with van der Waals surface area (Å²) < 4.78 is 0. The summed E-state index contributed by atoms with van der Waals surface area (Å²) in [5, 5.41) is 15.0. The van der Waals surface area contributed by atoms with Gasteiger partial charge >= 0.3 is 0 Å². The molecule has 1 rings (SSSR count). The molecule has 0 spiro atoms. The van der Waals surface area contributed by atoms with Gasteiger partial charge in [0.25, 0.3) is 0 Å². The number of hydrogen-bond acceptors (Lipinski definition) is 3. The van der Waals surface area contributed by atoms with Crippen molar-refractivity contribution in [2.45, 2.75) is 26.3 Å². The maximum absolute atomic E-state index is 11.7. The third kappa shape index (κ3) is 2.69. The highest BCUT2D eigenvalue weighted by molar-refractivity contribution is 5.79. The van der Waals surface area contributed by atoms with Crippen molar-refractivity contribution in [2.24, 2.45) is 11.8 Å². The summed E-state index contributed by atoms with van der Waals surface area (Å²) in [6.07, 6.45) is 0.775. The molecule has 1 heterocycles. The average Bonchev–Trinajstić information content (AvgIpc) is 2.60. The molecule has 3 atom stereocenters. The first-order chi connectivity index (χ1) is 6.69. The molecule has 14 heavy (non-hydrogen) atoms. The van der Waals surface area contributed by atoms with Gasteiger partial charge in [-0.1, -0.05) is 13.8 Å². The average molecular weight is 200 g/mol. The third-order valence-corrected chi connectivity index (χ3v) is 2.91. The van der Waals surface area contributed by atoms with Crippen LogP contribution >= 0.6 is 0 Å². The van der Waals surface area contributed by atoms with Crippen LogP contribution in [0.1, 0.15) is 20.3 Å². The van der Waals surface area contributed by atoms with Crippen LogP contribution < -0.4 is 10.6 Å². The van der Waals surface area contributed by atoms with Gasteiger partial charge in [0, 0.05) is 6.54 Å². The number of carbonyl (C=O) groups is 1. The predicted octanol–water partition coefficient (Wildman–Crippen LogP) is -0.271. The van der Waals surface area contributed by atoms with E-state index in [-0.39, 0.29) is 24.5 Å². The van der Waals surface area contributed by atoms with E-state index in [0.717, 1.165) is 19.5 Å². The fraction of sp³-hybridized carbons (Fsp3) is 0.900. The molecule has 1 aliphatic heterocycles.